The van der Waals surface area contributed by atoms with Gasteiger partial charge in [0.2, 0.25) is 5.91 Å². The molecule has 0 aliphatic heterocycles. The molecule has 10 heteroatoms. The standard InChI is InChI=1S/C62H103N2O7P/c1-7-10-13-16-19-22-25-27-29-31-32-33-35-37-40-43-46-49-52-55-62(66)71-60(53-50-47-44-41-38-24-21-18-15-12-9-3)59(58-70-72(67,68)69-57-56-64(4,5)6)63-61(65)54-51-48-45-42-39-36-34-30-28-26-23-20-17-14-11-8-2/h10-11,13-14,19-20,22-23,27-30,32-33,36-37,39-40,45,48,50,53,59-60H,7-9,12,15-18,21,24-26,31,34-35,38,41-44,46-47,49,51-52,54-58H2,1-6H3,(H-,63,65,67,68)/b13-10-,14-11+,22-19-,23-20+,29-27-,30-28+,33-32-,39-36+,40-37-,48-45+,53-50+. The number of phosphoric ester groups is 1. The van der Waals surface area contributed by atoms with Gasteiger partial charge in [0.15, 0.2) is 0 Å². The lowest BCUT2D eigenvalue weighted by atomic mass is 10.1. The van der Waals surface area contributed by atoms with E-state index in [0.29, 0.717) is 23.9 Å². The van der Waals surface area contributed by atoms with E-state index in [0.717, 1.165) is 103 Å². The van der Waals surface area contributed by atoms with Crippen LogP contribution in [0.4, 0.5) is 0 Å². The normalized spacial score (nSPS) is 14.8. The number of amides is 1. The van der Waals surface area contributed by atoms with E-state index in [1.807, 2.05) is 39.4 Å². The first kappa shape index (κ1) is 68.2. The van der Waals surface area contributed by atoms with Crippen molar-refractivity contribution in [1.29, 1.82) is 0 Å². The second kappa shape index (κ2) is 50.7. The van der Waals surface area contributed by atoms with Gasteiger partial charge in [-0.3, -0.25) is 14.2 Å². The summed E-state index contributed by atoms with van der Waals surface area (Å²) in [5.41, 5.74) is 0. The first-order valence-electron chi connectivity index (χ1n) is 28.0. The number of carbonyl (C=O) groups is 2. The molecule has 0 aliphatic rings. The zero-order valence-corrected chi connectivity index (χ0v) is 47.2. The zero-order valence-electron chi connectivity index (χ0n) is 46.3. The SMILES string of the molecule is CC/C=C\C/C=C\C/C=C\C/C=C\C/C=C\CCCCCC(=O)OC(/C=C/CCCCCCCCCCC)C(COP(=O)([O-])OCC[N+](C)(C)C)NC(=O)CC/C=C/C/C=C/C/C=C/C/C=C/C/C=C/CC. The summed E-state index contributed by atoms with van der Waals surface area (Å²) in [7, 11) is 1.10. The maximum atomic E-state index is 13.4. The van der Waals surface area contributed by atoms with Crippen molar-refractivity contribution in [2.45, 2.75) is 206 Å². The first-order valence-corrected chi connectivity index (χ1v) is 29.5. The fraction of sp³-hybridized carbons (Fsp3) is 0.613. The van der Waals surface area contributed by atoms with Gasteiger partial charge in [0.05, 0.1) is 33.8 Å². The Hall–Kier alpha value is -3.85. The van der Waals surface area contributed by atoms with Crippen molar-refractivity contribution in [3.05, 3.63) is 134 Å². The summed E-state index contributed by atoms with van der Waals surface area (Å²) >= 11 is 0. The molecule has 0 aromatic heterocycles. The molecule has 3 unspecified atom stereocenters. The highest BCUT2D eigenvalue weighted by Gasteiger charge is 2.27. The minimum Gasteiger partial charge on any atom is -0.756 e. The van der Waals surface area contributed by atoms with Gasteiger partial charge in [0.1, 0.15) is 19.3 Å². The highest BCUT2D eigenvalue weighted by Crippen LogP contribution is 2.38. The number of hydrogen-bond donors (Lipinski definition) is 1. The van der Waals surface area contributed by atoms with Gasteiger partial charge in [-0.15, -0.1) is 0 Å². The van der Waals surface area contributed by atoms with Gasteiger partial charge in [-0.1, -0.05) is 206 Å². The number of allylic oxidation sites excluding steroid dienone is 21. The number of rotatable bonds is 48. The maximum Gasteiger partial charge on any atom is 0.306 e. The van der Waals surface area contributed by atoms with Gasteiger partial charge in [0.25, 0.3) is 7.82 Å². The van der Waals surface area contributed by atoms with Crippen LogP contribution in [0.25, 0.3) is 0 Å². The number of unbranched alkanes of at least 4 members (excludes halogenated alkanes) is 12. The van der Waals surface area contributed by atoms with Crippen molar-refractivity contribution >= 4 is 19.7 Å². The molecule has 0 heterocycles. The number of phosphoric acid groups is 1. The molecule has 0 fully saturated rings. The van der Waals surface area contributed by atoms with Crippen LogP contribution < -0.4 is 10.2 Å². The Labute approximate surface area is 441 Å². The minimum absolute atomic E-state index is 0.0489. The van der Waals surface area contributed by atoms with E-state index in [9.17, 15) is 19.0 Å². The summed E-state index contributed by atoms with van der Waals surface area (Å²) in [6.45, 7) is 6.49. The van der Waals surface area contributed by atoms with E-state index in [1.165, 1.54) is 44.9 Å². The third kappa shape index (κ3) is 51.1. The molecule has 0 rings (SSSR count). The lowest BCUT2D eigenvalue weighted by Gasteiger charge is -2.30. The second-order valence-corrected chi connectivity index (χ2v) is 20.7. The number of esters is 1. The second-order valence-electron chi connectivity index (χ2n) is 19.3. The molecular weight excluding hydrogens is 916 g/mol. The average molecular weight is 1020 g/mol. The summed E-state index contributed by atoms with van der Waals surface area (Å²) in [6.07, 6.45) is 71.5. The molecule has 1 amide bonds. The third-order valence-corrected chi connectivity index (χ3v) is 12.3. The summed E-state index contributed by atoms with van der Waals surface area (Å²) in [5.74, 6) is -0.690. The largest absolute Gasteiger partial charge is 0.756 e. The quantitative estimate of drug-likeness (QED) is 0.0212. The Morgan fingerprint density at radius 2 is 0.903 bits per heavy atom. The molecule has 0 aromatic rings. The van der Waals surface area contributed by atoms with Gasteiger partial charge in [-0.2, -0.15) is 0 Å². The number of carbonyl (C=O) groups excluding carboxylic acids is 2. The van der Waals surface area contributed by atoms with Crippen LogP contribution in [0.5, 0.6) is 0 Å². The first-order chi connectivity index (χ1) is 34.9. The van der Waals surface area contributed by atoms with E-state index in [-0.39, 0.29) is 25.4 Å². The van der Waals surface area contributed by atoms with Gasteiger partial charge in [0, 0.05) is 12.8 Å². The predicted molar refractivity (Wildman–Crippen MR) is 306 cm³/mol. The minimum atomic E-state index is -4.73. The molecule has 0 saturated carbocycles. The number of quaternary nitrogens is 1. The third-order valence-electron chi connectivity index (χ3n) is 11.3. The highest BCUT2D eigenvalue weighted by molar-refractivity contribution is 7.45. The van der Waals surface area contributed by atoms with Crippen molar-refractivity contribution in [3.63, 3.8) is 0 Å². The molecule has 72 heavy (non-hydrogen) atoms. The summed E-state index contributed by atoms with van der Waals surface area (Å²) in [5, 5.41) is 2.95. The highest BCUT2D eigenvalue weighted by atomic mass is 31.2. The molecule has 0 spiro atoms. The predicted octanol–water partition coefficient (Wildman–Crippen LogP) is 16.3. The zero-order chi connectivity index (χ0) is 52.9. The summed E-state index contributed by atoms with van der Waals surface area (Å²) in [4.78, 5) is 39.8. The van der Waals surface area contributed by atoms with Crippen LogP contribution >= 0.6 is 7.82 Å². The molecule has 9 nitrogen and oxygen atoms in total. The van der Waals surface area contributed by atoms with Crippen LogP contribution in [-0.4, -0.2) is 69.4 Å². The van der Waals surface area contributed by atoms with E-state index >= 15 is 0 Å². The number of ether oxygens (including phenoxy) is 1. The molecule has 0 bridgehead atoms. The van der Waals surface area contributed by atoms with Gasteiger partial charge < -0.3 is 28.5 Å². The molecule has 0 saturated heterocycles. The Kier molecular flexibility index (Phi) is 48.0. The number of hydrogen-bond acceptors (Lipinski definition) is 7. The Bertz CT molecular complexity index is 1690. The lowest BCUT2D eigenvalue weighted by Crippen LogP contribution is -2.47. The summed E-state index contributed by atoms with van der Waals surface area (Å²) in [6, 6.07) is -0.950. The average Bonchev–Trinajstić information content (AvgIpc) is 3.34. The fourth-order valence-corrected chi connectivity index (χ4v) is 7.79. The smallest absolute Gasteiger partial charge is 0.306 e. The van der Waals surface area contributed by atoms with Crippen molar-refractivity contribution < 1.29 is 37.3 Å². The van der Waals surface area contributed by atoms with Gasteiger partial charge in [-0.05, 0) is 109 Å². The van der Waals surface area contributed by atoms with Crippen molar-refractivity contribution in [2.24, 2.45) is 0 Å². The lowest BCUT2D eigenvalue weighted by molar-refractivity contribution is -0.870. The van der Waals surface area contributed by atoms with Gasteiger partial charge >= 0.3 is 5.97 Å². The van der Waals surface area contributed by atoms with E-state index < -0.39 is 32.5 Å². The number of likely N-dealkylation sites (N-methyl/N-ethyl adjacent to an activating group) is 1. The molecule has 0 radical (unpaired) electrons. The van der Waals surface area contributed by atoms with Gasteiger partial charge in [-0.25, -0.2) is 0 Å². The molecule has 408 valence electrons. The Morgan fingerprint density at radius 1 is 0.500 bits per heavy atom. The Balaban J connectivity index is 5.51. The monoisotopic (exact) mass is 1020 g/mol. The van der Waals surface area contributed by atoms with Crippen LogP contribution in [-0.2, 0) is 27.9 Å². The topological polar surface area (TPSA) is 114 Å². The maximum absolute atomic E-state index is 13.4. The molecule has 0 aliphatic carbocycles. The fourth-order valence-electron chi connectivity index (χ4n) is 7.06. The van der Waals surface area contributed by atoms with Crippen molar-refractivity contribution in [2.75, 3.05) is 40.9 Å². The molecule has 3 atom stereocenters. The van der Waals surface area contributed by atoms with Crippen LogP contribution in [0, 0.1) is 0 Å². The van der Waals surface area contributed by atoms with Crippen LogP contribution in [0.15, 0.2) is 134 Å². The summed E-state index contributed by atoms with van der Waals surface area (Å²) < 4.78 is 30.1. The number of nitrogens with zero attached hydrogens (tertiary/aromatic N) is 1. The van der Waals surface area contributed by atoms with E-state index in [2.05, 4.69) is 135 Å². The van der Waals surface area contributed by atoms with E-state index in [1.54, 1.807) is 6.08 Å². The molecule has 0 aromatic carbocycles. The molecule has 1 N–H and O–H groups in total. The van der Waals surface area contributed by atoms with Crippen molar-refractivity contribution in [3.8, 4) is 0 Å². The van der Waals surface area contributed by atoms with E-state index in [4.69, 9.17) is 13.8 Å². The number of nitrogens with one attached hydrogen (secondary N) is 1. The molecular formula is C62H103N2O7P. The van der Waals surface area contributed by atoms with Crippen LogP contribution in [0.1, 0.15) is 194 Å². The van der Waals surface area contributed by atoms with Crippen LogP contribution in [0.3, 0.4) is 0 Å². The van der Waals surface area contributed by atoms with Crippen LogP contribution in [0.2, 0.25) is 0 Å². The Morgan fingerprint density at radius 3 is 1.36 bits per heavy atom. The van der Waals surface area contributed by atoms with Crippen molar-refractivity contribution in [1.82, 2.24) is 5.32 Å².